The van der Waals surface area contributed by atoms with Crippen LogP contribution in [0.15, 0.2) is 28.2 Å². The molecule has 2 N–H and O–H groups in total. The smallest absolute Gasteiger partial charge is 0.293 e. The Morgan fingerprint density at radius 1 is 1.45 bits per heavy atom. The van der Waals surface area contributed by atoms with E-state index in [1.54, 1.807) is 17.5 Å². The molecule has 2 heterocycles. The van der Waals surface area contributed by atoms with Crippen molar-refractivity contribution in [1.82, 2.24) is 10.3 Å². The predicted octanol–water partition coefficient (Wildman–Crippen LogP) is 2.06. The summed E-state index contributed by atoms with van der Waals surface area (Å²) in [6, 6.07) is 3.21. The van der Waals surface area contributed by atoms with Crippen molar-refractivity contribution >= 4 is 28.3 Å². The molecule has 2 rings (SSSR count). The number of aromatic nitrogens is 1. The molecule has 0 bridgehead atoms. The Balaban J connectivity index is 1.89. The number of nitrogens with zero attached hydrogens (tertiary/aromatic N) is 1. The quantitative estimate of drug-likeness (QED) is 0.853. The molecule has 0 aliphatic rings. The minimum Gasteiger partial charge on any atom is -0.459 e. The molecular formula is C13H15N3O3S. The van der Waals surface area contributed by atoms with E-state index < -0.39 is 0 Å². The van der Waals surface area contributed by atoms with E-state index in [9.17, 15) is 9.59 Å². The van der Waals surface area contributed by atoms with Crippen molar-refractivity contribution in [3.05, 3.63) is 35.2 Å². The molecule has 2 aromatic heterocycles. The minimum atomic E-state index is -0.355. The third-order valence-corrected chi connectivity index (χ3v) is 3.24. The van der Waals surface area contributed by atoms with Crippen molar-refractivity contribution in [1.29, 1.82) is 0 Å². The monoisotopic (exact) mass is 293 g/mol. The fourth-order valence-corrected chi connectivity index (χ4v) is 2.21. The summed E-state index contributed by atoms with van der Waals surface area (Å²) in [6.07, 6.45) is 2.54. The summed E-state index contributed by atoms with van der Waals surface area (Å²) < 4.78 is 4.98. The highest BCUT2D eigenvalue weighted by Crippen LogP contribution is 2.17. The van der Waals surface area contributed by atoms with Gasteiger partial charge in [0, 0.05) is 11.9 Å². The van der Waals surface area contributed by atoms with Crippen molar-refractivity contribution in [3.8, 4) is 0 Å². The molecule has 7 heteroatoms. The van der Waals surface area contributed by atoms with Crippen LogP contribution in [0.2, 0.25) is 0 Å². The van der Waals surface area contributed by atoms with E-state index >= 15 is 0 Å². The molecule has 0 spiro atoms. The van der Waals surface area contributed by atoms with E-state index in [-0.39, 0.29) is 24.0 Å². The number of anilines is 1. The fraction of sp³-hybridized carbons (Fsp3) is 0.308. The minimum absolute atomic E-state index is 0.0685. The van der Waals surface area contributed by atoms with Crippen LogP contribution in [-0.4, -0.2) is 23.3 Å². The summed E-state index contributed by atoms with van der Waals surface area (Å²) in [5.41, 5.74) is 0.637. The van der Waals surface area contributed by atoms with Gasteiger partial charge in [-0.05, 0) is 18.6 Å². The number of hydrogen-bond donors (Lipinski definition) is 2. The van der Waals surface area contributed by atoms with Crippen LogP contribution in [0.1, 0.15) is 29.6 Å². The molecular weight excluding hydrogens is 278 g/mol. The maximum atomic E-state index is 11.7. The van der Waals surface area contributed by atoms with E-state index in [4.69, 9.17) is 4.42 Å². The number of nitrogens with one attached hydrogen (secondary N) is 2. The van der Waals surface area contributed by atoms with Crippen LogP contribution >= 0.6 is 11.3 Å². The van der Waals surface area contributed by atoms with Crippen molar-refractivity contribution in [2.24, 2.45) is 0 Å². The molecule has 0 saturated heterocycles. The molecule has 0 aliphatic carbocycles. The lowest BCUT2D eigenvalue weighted by Crippen LogP contribution is -2.25. The fourth-order valence-electron chi connectivity index (χ4n) is 1.50. The summed E-state index contributed by atoms with van der Waals surface area (Å²) in [7, 11) is 0. The number of hydrogen-bond acceptors (Lipinski definition) is 5. The van der Waals surface area contributed by atoms with Crippen molar-refractivity contribution in [3.63, 3.8) is 0 Å². The lowest BCUT2D eigenvalue weighted by Gasteiger charge is -2.00. The summed E-state index contributed by atoms with van der Waals surface area (Å²) in [5, 5.41) is 7.60. The van der Waals surface area contributed by atoms with Gasteiger partial charge in [-0.3, -0.25) is 14.9 Å². The third kappa shape index (κ3) is 3.92. The van der Waals surface area contributed by atoms with Gasteiger partial charge in [-0.15, -0.1) is 11.3 Å². The van der Waals surface area contributed by atoms with Crippen LogP contribution in [-0.2, 0) is 11.2 Å². The predicted molar refractivity (Wildman–Crippen MR) is 75.8 cm³/mol. The van der Waals surface area contributed by atoms with Gasteiger partial charge in [0.25, 0.3) is 5.91 Å². The van der Waals surface area contributed by atoms with Crippen LogP contribution in [0.3, 0.4) is 0 Å². The molecule has 0 atom stereocenters. The van der Waals surface area contributed by atoms with Crippen LogP contribution in [0, 0.1) is 0 Å². The number of thiazole rings is 1. The second-order valence-corrected chi connectivity index (χ2v) is 4.96. The molecule has 20 heavy (non-hydrogen) atoms. The molecule has 0 saturated carbocycles. The number of furan rings is 1. The second-order valence-electron chi connectivity index (χ2n) is 4.10. The molecule has 2 amide bonds. The molecule has 0 radical (unpaired) electrons. The summed E-state index contributed by atoms with van der Waals surface area (Å²) in [6.45, 7) is 2.65. The lowest BCUT2D eigenvalue weighted by molar-refractivity contribution is -0.120. The number of amides is 2. The van der Waals surface area contributed by atoms with Crippen LogP contribution in [0.25, 0.3) is 0 Å². The highest BCUT2D eigenvalue weighted by Gasteiger charge is 2.12. The maximum absolute atomic E-state index is 11.7. The largest absolute Gasteiger partial charge is 0.459 e. The van der Waals surface area contributed by atoms with Crippen molar-refractivity contribution in [2.75, 3.05) is 11.9 Å². The molecule has 0 fully saturated rings. The van der Waals surface area contributed by atoms with Gasteiger partial charge in [0.15, 0.2) is 10.9 Å². The highest BCUT2D eigenvalue weighted by molar-refractivity contribution is 7.14. The summed E-state index contributed by atoms with van der Waals surface area (Å²) in [4.78, 5) is 27.5. The standard InChI is InChI=1S/C13H15N3O3S/c1-2-5-14-11(17)7-9-8-20-13(15-9)16-12(18)10-4-3-6-19-10/h3-4,6,8H,2,5,7H2,1H3,(H,14,17)(H,15,16,18). The Morgan fingerprint density at radius 3 is 3.00 bits per heavy atom. The van der Waals surface area contributed by atoms with Gasteiger partial charge in [-0.25, -0.2) is 4.98 Å². The Hall–Kier alpha value is -2.15. The molecule has 0 aromatic carbocycles. The Labute approximate surface area is 120 Å². The van der Waals surface area contributed by atoms with E-state index in [0.717, 1.165) is 6.42 Å². The first-order valence-corrected chi connectivity index (χ1v) is 7.13. The number of rotatable bonds is 6. The average molecular weight is 293 g/mol. The molecule has 2 aromatic rings. The Morgan fingerprint density at radius 2 is 2.30 bits per heavy atom. The molecule has 0 aliphatic heterocycles. The number of carbonyl (C=O) groups is 2. The zero-order valence-corrected chi connectivity index (χ0v) is 11.8. The zero-order chi connectivity index (χ0) is 14.4. The molecule has 6 nitrogen and oxygen atoms in total. The van der Waals surface area contributed by atoms with Gasteiger partial charge in [0.05, 0.1) is 18.4 Å². The average Bonchev–Trinajstić information content (AvgIpc) is 3.08. The maximum Gasteiger partial charge on any atom is 0.293 e. The van der Waals surface area contributed by atoms with Crippen LogP contribution in [0.4, 0.5) is 5.13 Å². The van der Waals surface area contributed by atoms with E-state index in [1.807, 2.05) is 6.92 Å². The van der Waals surface area contributed by atoms with Gasteiger partial charge in [-0.2, -0.15) is 0 Å². The van der Waals surface area contributed by atoms with Gasteiger partial charge in [-0.1, -0.05) is 6.92 Å². The first-order valence-electron chi connectivity index (χ1n) is 6.25. The van der Waals surface area contributed by atoms with Gasteiger partial charge >= 0.3 is 0 Å². The third-order valence-electron chi connectivity index (χ3n) is 2.43. The highest BCUT2D eigenvalue weighted by atomic mass is 32.1. The first kappa shape index (κ1) is 14.3. The van der Waals surface area contributed by atoms with Gasteiger partial charge in [0.1, 0.15) is 0 Å². The summed E-state index contributed by atoms with van der Waals surface area (Å²) in [5.74, 6) is -0.199. The van der Waals surface area contributed by atoms with Crippen LogP contribution < -0.4 is 10.6 Å². The van der Waals surface area contributed by atoms with E-state index in [1.165, 1.54) is 17.6 Å². The van der Waals surface area contributed by atoms with Crippen LogP contribution in [0.5, 0.6) is 0 Å². The van der Waals surface area contributed by atoms with Crippen molar-refractivity contribution < 1.29 is 14.0 Å². The number of carbonyl (C=O) groups excluding carboxylic acids is 2. The van der Waals surface area contributed by atoms with E-state index in [0.29, 0.717) is 17.4 Å². The topological polar surface area (TPSA) is 84.2 Å². The Kier molecular flexibility index (Phi) is 4.89. The zero-order valence-electron chi connectivity index (χ0n) is 11.0. The van der Waals surface area contributed by atoms with Gasteiger partial charge in [0.2, 0.25) is 5.91 Å². The molecule has 0 unspecified atom stereocenters. The first-order chi connectivity index (χ1) is 9.69. The SMILES string of the molecule is CCCNC(=O)Cc1csc(NC(=O)c2ccco2)n1. The van der Waals surface area contributed by atoms with Crippen molar-refractivity contribution in [2.45, 2.75) is 19.8 Å². The Bertz CT molecular complexity index is 577. The van der Waals surface area contributed by atoms with Gasteiger partial charge < -0.3 is 9.73 Å². The van der Waals surface area contributed by atoms with E-state index in [2.05, 4.69) is 15.6 Å². The second kappa shape index (κ2) is 6.85. The lowest BCUT2D eigenvalue weighted by atomic mass is 10.3. The summed E-state index contributed by atoms with van der Waals surface area (Å²) >= 11 is 1.28. The molecule has 106 valence electrons. The normalized spacial score (nSPS) is 10.2.